The van der Waals surface area contributed by atoms with E-state index in [9.17, 15) is 4.79 Å². The van der Waals surface area contributed by atoms with Gasteiger partial charge in [-0.15, -0.1) is 0 Å². The number of carbonyl (C=O) groups excluding carboxylic acids is 1. The predicted molar refractivity (Wildman–Crippen MR) is 139 cm³/mol. The number of hydrogen-bond acceptors (Lipinski definition) is 2. The fourth-order valence-electron chi connectivity index (χ4n) is 5.56. The Hall–Kier alpha value is -3.69. The molecule has 0 amide bonds. The molecule has 1 heterocycles. The largest absolute Gasteiger partial charge is 0.354 e. The number of fused-ring (bicyclic) bond motifs is 6. The highest BCUT2D eigenvalue weighted by Crippen LogP contribution is 2.52. The first kappa shape index (κ1) is 18.8. The molecule has 0 saturated heterocycles. The lowest BCUT2D eigenvalue weighted by atomic mass is 9.77. The van der Waals surface area contributed by atoms with Crippen molar-refractivity contribution in [2.75, 3.05) is 5.32 Å². The number of carbonyl (C=O) groups is 1. The monoisotopic (exact) mass is 487 g/mol. The van der Waals surface area contributed by atoms with E-state index in [1.165, 1.54) is 16.3 Å². The van der Waals surface area contributed by atoms with Crippen molar-refractivity contribution < 1.29 is 4.79 Å². The average molecular weight is 488 g/mol. The number of nitrogens with one attached hydrogen (secondary N) is 1. The Labute approximate surface area is 199 Å². The normalized spacial score (nSPS) is 16.5. The molecule has 2 aliphatic rings. The van der Waals surface area contributed by atoms with Crippen molar-refractivity contribution in [1.82, 2.24) is 0 Å². The first-order valence-corrected chi connectivity index (χ1v) is 11.9. The van der Waals surface area contributed by atoms with Crippen LogP contribution in [0.2, 0.25) is 0 Å². The maximum Gasteiger partial charge on any atom is 0.192 e. The number of ketones is 1. The molecule has 5 aromatic carbocycles. The molecule has 0 fully saturated rings. The van der Waals surface area contributed by atoms with Crippen molar-refractivity contribution in [3.05, 3.63) is 129 Å². The Balaban J connectivity index is 1.62. The van der Waals surface area contributed by atoms with Crippen molar-refractivity contribution in [3.8, 4) is 0 Å². The summed E-state index contributed by atoms with van der Waals surface area (Å²) >= 11 is 3.73. The molecule has 1 aliphatic carbocycles. The number of Topliss-reactive ketones (excluding diaryl/α,β-unsaturated/α-hetero) is 1. The lowest BCUT2D eigenvalue weighted by Gasteiger charge is -2.31. The number of benzene rings is 5. The Morgan fingerprint density at radius 1 is 0.667 bits per heavy atom. The van der Waals surface area contributed by atoms with Crippen LogP contribution in [0.1, 0.15) is 33.0 Å². The molecule has 1 aliphatic heterocycles. The summed E-state index contributed by atoms with van der Waals surface area (Å²) in [5.74, 6) is -0.0519. The molecule has 33 heavy (non-hydrogen) atoms. The van der Waals surface area contributed by atoms with Gasteiger partial charge in [0.15, 0.2) is 5.78 Å². The maximum atomic E-state index is 13.9. The van der Waals surface area contributed by atoms with Gasteiger partial charge in [0.05, 0.1) is 5.70 Å². The van der Waals surface area contributed by atoms with E-state index in [0.29, 0.717) is 0 Å². The number of halogens is 1. The zero-order valence-corrected chi connectivity index (χ0v) is 19.2. The van der Waals surface area contributed by atoms with Gasteiger partial charge in [-0.3, -0.25) is 4.79 Å². The molecule has 0 bridgehead atoms. The minimum absolute atomic E-state index is 0.115. The molecule has 1 N–H and O–H groups in total. The average Bonchev–Trinajstić information content (AvgIpc) is 3.15. The second-order valence-corrected chi connectivity index (χ2v) is 9.51. The molecule has 156 valence electrons. The summed E-state index contributed by atoms with van der Waals surface area (Å²) in [6.07, 6.45) is 0. The Morgan fingerprint density at radius 3 is 2.21 bits per heavy atom. The van der Waals surface area contributed by atoms with Crippen LogP contribution in [-0.2, 0) is 0 Å². The molecule has 3 heteroatoms. The fourth-order valence-corrected chi connectivity index (χ4v) is 6.03. The molecule has 7 rings (SSSR count). The van der Waals surface area contributed by atoms with Gasteiger partial charge in [-0.2, -0.15) is 0 Å². The van der Waals surface area contributed by atoms with E-state index in [4.69, 9.17) is 0 Å². The third kappa shape index (κ3) is 2.57. The summed E-state index contributed by atoms with van der Waals surface area (Å²) in [6, 6.07) is 33.4. The third-order valence-corrected chi connectivity index (χ3v) is 7.67. The van der Waals surface area contributed by atoms with Gasteiger partial charge in [0.1, 0.15) is 0 Å². The van der Waals surface area contributed by atoms with Crippen LogP contribution in [0, 0.1) is 0 Å². The third-order valence-electron chi connectivity index (χ3n) is 6.98. The standard InChI is InChI=1S/C30H18BrNO/c31-24-15-14-21(19-9-3-4-10-20(19)24)27-26-18-8-2-1-7-17(18)13-16-25(26)32-29-22-11-5-6-12-23(22)30(33)28(27)29/h1-16,27,32H. The molecular formula is C30H18BrNO. The zero-order chi connectivity index (χ0) is 22.1. The molecule has 0 radical (unpaired) electrons. The van der Waals surface area contributed by atoms with E-state index in [-0.39, 0.29) is 11.7 Å². The van der Waals surface area contributed by atoms with Crippen LogP contribution in [0.3, 0.4) is 0 Å². The first-order chi connectivity index (χ1) is 16.2. The van der Waals surface area contributed by atoms with E-state index < -0.39 is 0 Å². The van der Waals surface area contributed by atoms with E-state index in [1.54, 1.807) is 0 Å². The predicted octanol–water partition coefficient (Wildman–Crippen LogP) is 7.92. The van der Waals surface area contributed by atoms with E-state index in [1.807, 2.05) is 24.3 Å². The van der Waals surface area contributed by atoms with Crippen molar-refractivity contribution >= 4 is 54.6 Å². The van der Waals surface area contributed by atoms with E-state index in [2.05, 4.69) is 94.0 Å². The Morgan fingerprint density at radius 2 is 1.36 bits per heavy atom. The molecule has 0 aromatic heterocycles. The quantitative estimate of drug-likeness (QED) is 0.260. The second-order valence-electron chi connectivity index (χ2n) is 8.65. The van der Waals surface area contributed by atoms with Gasteiger partial charge in [0.25, 0.3) is 0 Å². The fraction of sp³-hybridized carbons (Fsp3) is 0.0333. The molecule has 0 spiro atoms. The lowest BCUT2D eigenvalue weighted by Crippen LogP contribution is -2.19. The summed E-state index contributed by atoms with van der Waals surface area (Å²) in [4.78, 5) is 13.9. The maximum absolute atomic E-state index is 13.9. The van der Waals surface area contributed by atoms with Gasteiger partial charge in [-0.1, -0.05) is 101 Å². The van der Waals surface area contributed by atoms with Crippen LogP contribution >= 0.6 is 15.9 Å². The van der Waals surface area contributed by atoms with Crippen LogP contribution in [0.25, 0.3) is 27.2 Å². The minimum atomic E-state index is -0.166. The summed E-state index contributed by atoms with van der Waals surface area (Å²) < 4.78 is 1.06. The van der Waals surface area contributed by atoms with Gasteiger partial charge in [0, 0.05) is 32.8 Å². The molecule has 0 saturated carbocycles. The van der Waals surface area contributed by atoms with Gasteiger partial charge >= 0.3 is 0 Å². The number of anilines is 1. The van der Waals surface area contributed by atoms with Gasteiger partial charge in [-0.25, -0.2) is 0 Å². The topological polar surface area (TPSA) is 29.1 Å². The van der Waals surface area contributed by atoms with E-state index in [0.717, 1.165) is 48.9 Å². The SMILES string of the molecule is O=C1C2=C(Nc3ccc4ccccc4c3C2c2ccc(Br)c3ccccc23)c2ccccc21. The number of hydrogen-bond donors (Lipinski definition) is 1. The molecule has 5 aromatic rings. The van der Waals surface area contributed by atoms with Crippen molar-refractivity contribution in [3.63, 3.8) is 0 Å². The first-order valence-electron chi connectivity index (χ1n) is 11.1. The summed E-state index contributed by atoms with van der Waals surface area (Å²) in [6.45, 7) is 0. The molecule has 1 atom stereocenters. The van der Waals surface area contributed by atoms with Gasteiger partial charge in [-0.05, 0) is 44.8 Å². The minimum Gasteiger partial charge on any atom is -0.354 e. The van der Waals surface area contributed by atoms with E-state index >= 15 is 0 Å². The van der Waals surface area contributed by atoms with Crippen LogP contribution in [-0.4, -0.2) is 5.78 Å². The summed E-state index contributed by atoms with van der Waals surface area (Å²) in [5, 5.41) is 8.31. The smallest absolute Gasteiger partial charge is 0.192 e. The zero-order valence-electron chi connectivity index (χ0n) is 17.6. The summed E-state index contributed by atoms with van der Waals surface area (Å²) in [7, 11) is 0. The van der Waals surface area contributed by atoms with Crippen molar-refractivity contribution in [1.29, 1.82) is 0 Å². The highest BCUT2D eigenvalue weighted by atomic mass is 79.9. The van der Waals surface area contributed by atoms with Crippen LogP contribution in [0.4, 0.5) is 5.69 Å². The van der Waals surface area contributed by atoms with Crippen molar-refractivity contribution in [2.24, 2.45) is 0 Å². The molecule has 2 nitrogen and oxygen atoms in total. The molecular weight excluding hydrogens is 470 g/mol. The Kier molecular flexibility index (Phi) is 3.94. The summed E-state index contributed by atoms with van der Waals surface area (Å²) in [5.41, 5.74) is 6.93. The lowest BCUT2D eigenvalue weighted by molar-refractivity contribution is 0.103. The van der Waals surface area contributed by atoms with Crippen molar-refractivity contribution in [2.45, 2.75) is 5.92 Å². The van der Waals surface area contributed by atoms with Crippen LogP contribution in [0.15, 0.2) is 107 Å². The highest BCUT2D eigenvalue weighted by Gasteiger charge is 2.41. The molecule has 1 unspecified atom stereocenters. The van der Waals surface area contributed by atoms with Gasteiger partial charge < -0.3 is 5.32 Å². The van der Waals surface area contributed by atoms with Crippen LogP contribution < -0.4 is 5.32 Å². The highest BCUT2D eigenvalue weighted by molar-refractivity contribution is 9.10. The number of allylic oxidation sites excluding steroid dienone is 1. The van der Waals surface area contributed by atoms with Gasteiger partial charge in [0.2, 0.25) is 0 Å². The second kappa shape index (κ2) is 6.90. The number of rotatable bonds is 1. The Bertz CT molecular complexity index is 1680. The van der Waals surface area contributed by atoms with Crippen LogP contribution in [0.5, 0.6) is 0 Å².